The van der Waals surface area contributed by atoms with Crippen molar-refractivity contribution in [3.63, 3.8) is 0 Å². The molecule has 9 heteroatoms. The highest BCUT2D eigenvalue weighted by Crippen LogP contribution is 2.20. The highest BCUT2D eigenvalue weighted by molar-refractivity contribution is 7.91. The molecule has 0 atom stereocenters. The quantitative estimate of drug-likeness (QED) is 0.647. The first-order valence-electron chi connectivity index (χ1n) is 8.77. The Balaban J connectivity index is 1.84. The zero-order chi connectivity index (χ0) is 21.0. The lowest BCUT2D eigenvalue weighted by molar-refractivity contribution is -0.117. The van der Waals surface area contributed by atoms with Gasteiger partial charge in [-0.25, -0.2) is 13.1 Å². The van der Waals surface area contributed by atoms with Crippen molar-refractivity contribution >= 4 is 33.0 Å². The van der Waals surface area contributed by atoms with Gasteiger partial charge in [-0.2, -0.15) is 5.10 Å². The number of benzene rings is 2. The average Bonchev–Trinajstić information content (AvgIpc) is 2.70. The molecule has 0 bridgehead atoms. The van der Waals surface area contributed by atoms with E-state index in [1.807, 2.05) is 25.1 Å². The van der Waals surface area contributed by atoms with E-state index >= 15 is 0 Å². The highest BCUT2D eigenvalue weighted by Gasteiger charge is 2.21. The molecular formula is C20H18ClN3O4S. The Morgan fingerprint density at radius 3 is 2.52 bits per heavy atom. The number of carbonyl (C=O) groups is 1. The fraction of sp³-hybridized carbons (Fsp3) is 0.150. The molecular weight excluding hydrogens is 414 g/mol. The van der Waals surface area contributed by atoms with Crippen molar-refractivity contribution in [1.29, 1.82) is 0 Å². The maximum absolute atomic E-state index is 12.7. The van der Waals surface area contributed by atoms with Crippen molar-refractivity contribution in [1.82, 2.24) is 9.78 Å². The van der Waals surface area contributed by atoms with Crippen LogP contribution in [0.5, 0.6) is 0 Å². The number of nitrogens with zero attached hydrogens (tertiary/aromatic N) is 2. The van der Waals surface area contributed by atoms with Crippen LogP contribution in [0.15, 0.2) is 75.4 Å². The number of carbonyl (C=O) groups excluding carboxylic acids is 1. The van der Waals surface area contributed by atoms with E-state index in [9.17, 15) is 18.0 Å². The first-order valence-corrected chi connectivity index (χ1v) is 10.6. The fourth-order valence-corrected chi connectivity index (χ4v) is 3.94. The van der Waals surface area contributed by atoms with Gasteiger partial charge in [0.25, 0.3) is 5.56 Å². The molecule has 0 fully saturated rings. The van der Waals surface area contributed by atoms with E-state index < -0.39 is 27.8 Å². The normalized spacial score (nSPS) is 11.2. The summed E-state index contributed by atoms with van der Waals surface area (Å²) in [7, 11) is -3.96. The number of hydrogen-bond acceptors (Lipinski definition) is 5. The molecule has 0 aliphatic heterocycles. The van der Waals surface area contributed by atoms with Gasteiger partial charge in [-0.3, -0.25) is 9.59 Å². The first-order chi connectivity index (χ1) is 13.8. The van der Waals surface area contributed by atoms with E-state index in [1.54, 1.807) is 6.07 Å². The van der Waals surface area contributed by atoms with E-state index in [1.165, 1.54) is 24.3 Å². The molecule has 0 unspecified atom stereocenters. The van der Waals surface area contributed by atoms with Crippen LogP contribution < -0.4 is 10.9 Å². The summed E-state index contributed by atoms with van der Waals surface area (Å²) < 4.78 is 26.3. The molecule has 1 amide bonds. The summed E-state index contributed by atoms with van der Waals surface area (Å²) in [6, 6.07) is 15.1. The molecule has 0 saturated heterocycles. The van der Waals surface area contributed by atoms with Gasteiger partial charge in [-0.15, -0.1) is 0 Å². The van der Waals surface area contributed by atoms with Gasteiger partial charge in [0.15, 0.2) is 5.03 Å². The smallest absolute Gasteiger partial charge is 0.267 e. The average molecular weight is 432 g/mol. The fourth-order valence-electron chi connectivity index (χ4n) is 2.63. The van der Waals surface area contributed by atoms with Gasteiger partial charge in [-0.05, 0) is 54.4 Å². The maximum Gasteiger partial charge on any atom is 0.267 e. The van der Waals surface area contributed by atoms with Gasteiger partial charge in [0.2, 0.25) is 15.7 Å². The molecule has 2 aromatic carbocycles. The molecule has 0 spiro atoms. The van der Waals surface area contributed by atoms with Gasteiger partial charge in [0.05, 0.1) is 4.90 Å². The first kappa shape index (κ1) is 20.8. The van der Waals surface area contributed by atoms with Crippen LogP contribution in [0.2, 0.25) is 5.02 Å². The van der Waals surface area contributed by atoms with Gasteiger partial charge in [0, 0.05) is 16.8 Å². The topological polar surface area (TPSA) is 98.1 Å². The van der Waals surface area contributed by atoms with Crippen molar-refractivity contribution in [2.75, 3.05) is 5.32 Å². The summed E-state index contributed by atoms with van der Waals surface area (Å²) in [6.07, 6.45) is 0.815. The molecule has 0 saturated carbocycles. The third kappa shape index (κ3) is 4.90. The number of rotatable bonds is 6. The summed E-state index contributed by atoms with van der Waals surface area (Å²) >= 11 is 5.80. The van der Waals surface area contributed by atoms with Crippen molar-refractivity contribution in [2.24, 2.45) is 0 Å². The molecule has 0 aliphatic rings. The summed E-state index contributed by atoms with van der Waals surface area (Å²) in [5, 5.41) is 6.63. The molecule has 0 aliphatic carbocycles. The van der Waals surface area contributed by atoms with Crippen molar-refractivity contribution in [2.45, 2.75) is 29.8 Å². The van der Waals surface area contributed by atoms with Gasteiger partial charge in [0.1, 0.15) is 6.54 Å². The maximum atomic E-state index is 12.7. The molecule has 3 aromatic rings. The largest absolute Gasteiger partial charge is 0.324 e. The molecule has 1 heterocycles. The van der Waals surface area contributed by atoms with Crippen LogP contribution in [0.25, 0.3) is 0 Å². The van der Waals surface area contributed by atoms with E-state index in [0.717, 1.165) is 28.8 Å². The third-order valence-electron chi connectivity index (χ3n) is 4.15. The minimum Gasteiger partial charge on any atom is -0.324 e. The number of aryl methyl sites for hydroxylation is 1. The van der Waals surface area contributed by atoms with Crippen LogP contribution in [0.3, 0.4) is 0 Å². The number of aromatic nitrogens is 2. The monoisotopic (exact) mass is 431 g/mol. The van der Waals surface area contributed by atoms with Crippen molar-refractivity contribution in [3.8, 4) is 0 Å². The van der Waals surface area contributed by atoms with Gasteiger partial charge < -0.3 is 5.32 Å². The second-order valence-electron chi connectivity index (χ2n) is 6.23. The standard InChI is InChI=1S/C20H18ClN3O4S/c1-2-14-4-3-5-16(12-14)22-18(25)13-24-20(26)11-10-19(23-24)29(27,28)17-8-6-15(21)7-9-17/h3-12H,2,13H2,1H3,(H,22,25). The summed E-state index contributed by atoms with van der Waals surface area (Å²) in [4.78, 5) is 24.4. The Morgan fingerprint density at radius 2 is 1.83 bits per heavy atom. The minimum atomic E-state index is -3.96. The van der Waals surface area contributed by atoms with Gasteiger partial charge >= 0.3 is 0 Å². The molecule has 29 heavy (non-hydrogen) atoms. The lowest BCUT2D eigenvalue weighted by Crippen LogP contribution is -2.30. The van der Waals surface area contributed by atoms with Crippen LogP contribution in [-0.2, 0) is 27.6 Å². The predicted molar refractivity (Wildman–Crippen MR) is 110 cm³/mol. The second-order valence-corrected chi connectivity index (χ2v) is 8.56. The van der Waals surface area contributed by atoms with Crippen molar-refractivity contribution < 1.29 is 13.2 Å². The number of amides is 1. The molecule has 1 aromatic heterocycles. The van der Waals surface area contributed by atoms with Crippen LogP contribution in [-0.4, -0.2) is 24.1 Å². The molecule has 150 valence electrons. The third-order valence-corrected chi connectivity index (χ3v) is 6.07. The Labute approximate surface area is 172 Å². The number of hydrogen-bond donors (Lipinski definition) is 1. The van der Waals surface area contributed by atoms with E-state index in [-0.39, 0.29) is 9.92 Å². The highest BCUT2D eigenvalue weighted by atomic mass is 35.5. The minimum absolute atomic E-state index is 0.0135. The summed E-state index contributed by atoms with van der Waals surface area (Å²) in [5.41, 5.74) is 1.05. The number of halogens is 1. The lowest BCUT2D eigenvalue weighted by atomic mass is 10.1. The Morgan fingerprint density at radius 1 is 1.10 bits per heavy atom. The van der Waals surface area contributed by atoms with E-state index in [2.05, 4.69) is 10.4 Å². The van der Waals surface area contributed by atoms with Gasteiger partial charge in [-0.1, -0.05) is 30.7 Å². The van der Waals surface area contributed by atoms with Crippen molar-refractivity contribution in [3.05, 3.63) is 81.6 Å². The molecule has 7 nitrogen and oxygen atoms in total. The second kappa shape index (κ2) is 8.59. The van der Waals surface area contributed by atoms with E-state index in [4.69, 9.17) is 11.6 Å². The number of sulfone groups is 1. The predicted octanol–water partition coefficient (Wildman–Crippen LogP) is 2.93. The van der Waals surface area contributed by atoms with Crippen LogP contribution >= 0.6 is 11.6 Å². The molecule has 1 N–H and O–H groups in total. The zero-order valence-corrected chi connectivity index (χ0v) is 17.1. The van der Waals surface area contributed by atoms with Crippen LogP contribution in [0.1, 0.15) is 12.5 Å². The zero-order valence-electron chi connectivity index (χ0n) is 15.5. The molecule has 3 rings (SSSR count). The molecule has 0 radical (unpaired) electrons. The SMILES string of the molecule is CCc1cccc(NC(=O)Cn2nc(S(=O)(=O)c3ccc(Cl)cc3)ccc2=O)c1. The van der Waals surface area contributed by atoms with E-state index in [0.29, 0.717) is 10.7 Å². The van der Waals surface area contributed by atoms with Crippen LogP contribution in [0, 0.1) is 0 Å². The Bertz CT molecular complexity index is 1200. The Kier molecular flexibility index (Phi) is 6.14. The summed E-state index contributed by atoms with van der Waals surface area (Å²) in [6.45, 7) is 1.58. The lowest BCUT2D eigenvalue weighted by Gasteiger charge is -2.09. The van der Waals surface area contributed by atoms with Crippen LogP contribution in [0.4, 0.5) is 5.69 Å². The number of anilines is 1. The summed E-state index contributed by atoms with van der Waals surface area (Å²) in [5.74, 6) is -0.492. The number of nitrogens with one attached hydrogen (secondary N) is 1. The Hall–Kier alpha value is -2.97.